The molecular weight excluding hydrogens is 1050 g/mol. The van der Waals surface area contributed by atoms with E-state index in [1.54, 1.807) is 26.0 Å². The van der Waals surface area contributed by atoms with Crippen LogP contribution in [0.25, 0.3) is 0 Å². The van der Waals surface area contributed by atoms with Gasteiger partial charge in [0, 0.05) is 26.7 Å². The van der Waals surface area contributed by atoms with E-state index in [0.717, 1.165) is 79.9 Å². The monoisotopic (exact) mass is 1110 g/mol. The Morgan fingerprint density at radius 3 is 1.39 bits per heavy atom. The molecule has 0 N–H and O–H groups in total. The smallest absolute Gasteiger partial charge is 0.416 e. The van der Waals surface area contributed by atoms with Crippen molar-refractivity contribution in [1.29, 1.82) is 1.28 Å². The van der Waals surface area contributed by atoms with Gasteiger partial charge in [-0.05, 0) is 94.7 Å². The molecule has 0 bridgehead atoms. The van der Waals surface area contributed by atoms with E-state index in [0.29, 0.717) is 24.4 Å². The van der Waals surface area contributed by atoms with E-state index < -0.39 is 79.1 Å². The number of benzene rings is 2. The van der Waals surface area contributed by atoms with E-state index in [4.69, 9.17) is 29.1 Å². The SMILES string of the molecule is CCCCc1oc([C@@H](OC(C)=O)[C@H](C)C(=O)N2C(=O)OC[C@@H]2Cc2ccccc2)cc1Br.CCCCc1oc([C@@H](OC(C)=O)[C@H](C)C(=O)N2C(=O)OC[C@@H]2Cc2ccccc2)cc1Br.[3H][P+](P)=S. The molecular formula is C48H59Br2N2O12P2S+. The molecule has 19 heteroatoms. The molecule has 2 unspecified atom stereocenters. The fourth-order valence-electron chi connectivity index (χ4n) is 7.55. The van der Waals surface area contributed by atoms with Gasteiger partial charge < -0.3 is 27.8 Å². The van der Waals surface area contributed by atoms with Gasteiger partial charge in [0.05, 0.1) is 41.8 Å². The minimum Gasteiger partial charge on any atom is -0.461 e. The normalized spacial score (nSPS) is 17.6. The number of halogens is 2. The third kappa shape index (κ3) is 15.9. The van der Waals surface area contributed by atoms with Gasteiger partial charge >= 0.3 is 25.4 Å². The maximum Gasteiger partial charge on any atom is 0.416 e. The summed E-state index contributed by atoms with van der Waals surface area (Å²) in [5.74, 6) is -1.51. The van der Waals surface area contributed by atoms with Gasteiger partial charge in [-0.1, -0.05) is 87.4 Å². The highest BCUT2D eigenvalue weighted by atomic mass is 79.9. The lowest BCUT2D eigenvalue weighted by molar-refractivity contribution is -0.156. The Bertz CT molecular complexity index is 2190. The quantitative estimate of drug-likeness (QED) is 0.0524. The summed E-state index contributed by atoms with van der Waals surface area (Å²) in [6, 6.07) is 21.8. The Kier molecular flexibility index (Phi) is 22.2. The van der Waals surface area contributed by atoms with Gasteiger partial charge in [-0.15, -0.1) is 0 Å². The van der Waals surface area contributed by atoms with E-state index in [2.05, 4.69) is 66.4 Å². The van der Waals surface area contributed by atoms with Crippen molar-refractivity contribution in [3.8, 4) is 0 Å². The lowest BCUT2D eigenvalue weighted by atomic mass is 9.98. The number of carbonyl (C=O) groups is 6. The van der Waals surface area contributed by atoms with Crippen LogP contribution in [0, 0.1) is 11.8 Å². The van der Waals surface area contributed by atoms with Crippen molar-refractivity contribution in [2.45, 2.75) is 117 Å². The zero-order valence-corrected chi connectivity index (χ0v) is 44.5. The highest BCUT2D eigenvalue weighted by molar-refractivity contribution is 9.10. The number of aryl methyl sites for hydroxylation is 2. The molecule has 2 aromatic heterocycles. The summed E-state index contributed by atoms with van der Waals surface area (Å²) in [7, 11) is 2.20. The van der Waals surface area contributed by atoms with E-state index in [1.807, 2.05) is 60.7 Å². The molecule has 2 aromatic carbocycles. The first-order chi connectivity index (χ1) is 32.4. The van der Waals surface area contributed by atoms with Crippen LogP contribution in [0.5, 0.6) is 0 Å². The highest BCUT2D eigenvalue weighted by Crippen LogP contribution is 2.37. The molecule has 362 valence electrons. The topological polar surface area (TPSA) is 172 Å². The zero-order valence-electron chi connectivity index (χ0n) is 39.4. The number of amides is 4. The lowest BCUT2D eigenvalue weighted by Gasteiger charge is -2.27. The third-order valence-corrected chi connectivity index (χ3v) is 12.3. The molecule has 4 amide bonds. The lowest BCUT2D eigenvalue weighted by Crippen LogP contribution is -2.44. The number of hydrogen-bond acceptors (Lipinski definition) is 13. The van der Waals surface area contributed by atoms with Crippen LogP contribution in [-0.4, -0.2) is 72.3 Å². The van der Waals surface area contributed by atoms with Gasteiger partial charge in [-0.25, -0.2) is 19.4 Å². The standard InChI is InChI=1S/2C24H28BrNO6.H2P2S/c2*1-4-5-11-20-19(25)13-21(32-20)22(31-16(3)27)15(2)23(28)26-18(14-30-24(26)29)12-17-9-7-6-8-10-17;1-2-3/h2*6-10,13,15,18,22H,4-5,11-12,14H2,1-3H3;1H2/p+1/t2*15-,18-,22-;/m00./s1/i/hT. The molecule has 14 nitrogen and oxygen atoms in total. The fourth-order valence-corrected chi connectivity index (χ4v) is 8.56. The van der Waals surface area contributed by atoms with Crippen LogP contribution in [0.3, 0.4) is 0 Å². The maximum absolute atomic E-state index is 13.4. The first-order valence-electron chi connectivity index (χ1n) is 22.5. The molecule has 0 spiro atoms. The van der Waals surface area contributed by atoms with Crippen LogP contribution in [0.15, 0.2) is 90.6 Å². The van der Waals surface area contributed by atoms with Crippen LogP contribution in [0.2, 0.25) is 0 Å². The molecule has 0 saturated carbocycles. The molecule has 67 heavy (non-hydrogen) atoms. The third-order valence-electron chi connectivity index (χ3n) is 10.9. The number of ether oxygens (including phenoxy) is 4. The van der Waals surface area contributed by atoms with Crippen molar-refractivity contribution in [3.05, 3.63) is 116 Å². The van der Waals surface area contributed by atoms with Crippen LogP contribution < -0.4 is 0 Å². The Balaban J connectivity index is 0.000000275. The minimum absolute atomic E-state index is 0.123. The second-order valence-corrected chi connectivity index (χ2v) is 20.5. The van der Waals surface area contributed by atoms with E-state index in [-0.39, 0.29) is 13.2 Å². The summed E-state index contributed by atoms with van der Waals surface area (Å²) >= 11 is 11.3. The molecule has 4 heterocycles. The van der Waals surface area contributed by atoms with Gasteiger partial charge in [-0.3, -0.25) is 19.2 Å². The summed E-state index contributed by atoms with van der Waals surface area (Å²) < 4.78 is 41.2. The Labute approximate surface area is 419 Å². The van der Waals surface area contributed by atoms with Gasteiger partial charge in [0.15, 0.2) is 31.0 Å². The van der Waals surface area contributed by atoms with Crippen LogP contribution in [0.1, 0.15) is 114 Å². The number of hydrogen-bond donors (Lipinski definition) is 0. The van der Waals surface area contributed by atoms with Crippen LogP contribution in [-0.2, 0) is 75.6 Å². The van der Waals surface area contributed by atoms with Crippen LogP contribution >= 0.6 is 47.8 Å². The Hall–Kier alpha value is -4.27. The number of carbonyl (C=O) groups excluding carboxylic acids is 6. The number of rotatable bonds is 18. The number of esters is 2. The van der Waals surface area contributed by atoms with Crippen molar-refractivity contribution >= 4 is 95.5 Å². The summed E-state index contributed by atoms with van der Waals surface area (Å²) in [5.41, 5.74) is 1.99. The van der Waals surface area contributed by atoms with Crippen molar-refractivity contribution in [1.82, 2.24) is 9.80 Å². The Morgan fingerprint density at radius 1 is 0.731 bits per heavy atom. The van der Waals surface area contributed by atoms with E-state index in [9.17, 15) is 28.8 Å². The van der Waals surface area contributed by atoms with Crippen molar-refractivity contribution in [2.75, 3.05) is 13.2 Å². The van der Waals surface area contributed by atoms with Crippen LogP contribution in [0.4, 0.5) is 9.59 Å². The van der Waals surface area contributed by atoms with E-state index in [1.165, 1.54) is 13.8 Å². The number of furan rings is 2. The molecule has 4 aromatic rings. The van der Waals surface area contributed by atoms with Crippen molar-refractivity contribution in [3.63, 3.8) is 0 Å². The minimum atomic E-state index is -0.961. The molecule has 2 fully saturated rings. The summed E-state index contributed by atoms with van der Waals surface area (Å²) in [4.78, 5) is 77.6. The summed E-state index contributed by atoms with van der Waals surface area (Å²) in [6.07, 6.45) is 3.02. The largest absolute Gasteiger partial charge is 0.461 e. The average molecular weight is 1110 g/mol. The number of nitrogens with zero attached hydrogens (tertiary/aromatic N) is 2. The van der Waals surface area contributed by atoms with E-state index >= 15 is 0 Å². The molecule has 2 aliphatic rings. The first-order valence-corrected chi connectivity index (χ1v) is 27.2. The second-order valence-electron chi connectivity index (χ2n) is 16.0. The maximum atomic E-state index is 13.4. The average Bonchev–Trinajstić information content (AvgIpc) is 4.07. The predicted molar refractivity (Wildman–Crippen MR) is 267 cm³/mol. The molecule has 6 rings (SSSR count). The molecule has 2 aliphatic heterocycles. The fraction of sp³-hybridized carbons (Fsp3) is 0.458. The number of imide groups is 2. The highest BCUT2D eigenvalue weighted by Gasteiger charge is 2.45. The van der Waals surface area contributed by atoms with Gasteiger partial charge in [0.25, 0.3) is 0 Å². The van der Waals surface area contributed by atoms with Gasteiger partial charge in [0.2, 0.25) is 11.8 Å². The summed E-state index contributed by atoms with van der Waals surface area (Å²) in [5, 5.41) is 0. The van der Waals surface area contributed by atoms with Gasteiger partial charge in [0.1, 0.15) is 36.3 Å². The van der Waals surface area contributed by atoms with Gasteiger partial charge in [-0.2, -0.15) is 0 Å². The molecule has 0 aliphatic carbocycles. The number of unbranched alkanes of at least 4 members (excludes halogenated alkanes) is 2. The number of cyclic esters (lactones) is 2. The van der Waals surface area contributed by atoms with Crippen molar-refractivity contribution < 1.29 is 56.5 Å². The zero-order chi connectivity index (χ0) is 50.1. The molecule has 8 atom stereocenters. The van der Waals surface area contributed by atoms with Crippen molar-refractivity contribution in [2.24, 2.45) is 11.8 Å². The predicted octanol–water partition coefficient (Wildman–Crippen LogP) is 11.3. The first kappa shape index (κ1) is 53.7. The molecule has 0 radical (unpaired) electrons. The molecule has 2 saturated heterocycles. The summed E-state index contributed by atoms with van der Waals surface area (Å²) in [6.45, 7) is 9.36. The Morgan fingerprint density at radius 2 is 1.07 bits per heavy atom. The second kappa shape index (κ2) is 27.7.